The minimum absolute atomic E-state index is 0.266. The third kappa shape index (κ3) is 30.8. The fourth-order valence-electron chi connectivity index (χ4n) is 0.771. The van der Waals surface area contributed by atoms with Crippen molar-refractivity contribution in [3.63, 3.8) is 0 Å². The van der Waals surface area contributed by atoms with Gasteiger partial charge in [0.25, 0.3) is 0 Å². The molecular formula is C12H20F6N4O6S2. The van der Waals surface area contributed by atoms with Crippen LogP contribution in [0.4, 0.5) is 26.3 Å². The Labute approximate surface area is 177 Å². The molecule has 0 spiro atoms. The monoisotopic (exact) mass is 494 g/mol. The zero-order valence-corrected chi connectivity index (χ0v) is 16.8. The molecule has 6 N–H and O–H groups in total. The lowest BCUT2D eigenvalue weighted by atomic mass is 10.6. The summed E-state index contributed by atoms with van der Waals surface area (Å²) in [6.45, 7) is 3.06. The first kappa shape index (κ1) is 32.7. The molecule has 0 fully saturated rings. The number of nitrogens with zero attached hydrogens (tertiary/aromatic N) is 2. The van der Waals surface area contributed by atoms with E-state index in [1.54, 1.807) is 0 Å². The summed E-state index contributed by atoms with van der Waals surface area (Å²) in [4.78, 5) is 25.5. The summed E-state index contributed by atoms with van der Waals surface area (Å²) < 4.78 is 73.9. The minimum atomic E-state index is -5.08. The number of amidine groups is 2. The molecule has 0 atom stereocenters. The zero-order chi connectivity index (χ0) is 24.4. The molecule has 0 saturated carbocycles. The molecule has 0 aliphatic carbocycles. The van der Waals surface area contributed by atoms with Crippen LogP contribution in [0.2, 0.25) is 0 Å². The van der Waals surface area contributed by atoms with Crippen LogP contribution < -0.4 is 11.5 Å². The van der Waals surface area contributed by atoms with Crippen molar-refractivity contribution in [3.05, 3.63) is 0 Å². The van der Waals surface area contributed by atoms with Gasteiger partial charge in [0.1, 0.15) is 0 Å². The topological polar surface area (TPSA) is 170 Å². The van der Waals surface area contributed by atoms with Crippen LogP contribution >= 0.6 is 25.3 Å². The van der Waals surface area contributed by atoms with Crippen molar-refractivity contribution in [2.45, 2.75) is 12.4 Å². The van der Waals surface area contributed by atoms with Crippen LogP contribution in [0.3, 0.4) is 0 Å². The molecule has 18 heteroatoms. The summed E-state index contributed by atoms with van der Waals surface area (Å²) in [5.74, 6) is -5.51. The number of alkyl halides is 6. The lowest BCUT2D eigenvalue weighted by Gasteiger charge is -2.03. The Morgan fingerprint density at radius 1 is 0.733 bits per heavy atom. The van der Waals surface area contributed by atoms with Gasteiger partial charge in [-0.15, -0.1) is 25.3 Å². The molecule has 178 valence electrons. The number of carbonyl (C=O) groups is 2. The summed E-state index contributed by atoms with van der Waals surface area (Å²) in [5.41, 5.74) is 10.4. The molecule has 0 aliphatic rings. The summed E-state index contributed by atoms with van der Waals surface area (Å²) in [7, 11) is 0. The van der Waals surface area contributed by atoms with Gasteiger partial charge in [-0.2, -0.15) is 26.3 Å². The second-order valence-corrected chi connectivity index (χ2v) is 5.23. The van der Waals surface area contributed by atoms with E-state index in [1.807, 2.05) is 0 Å². The number of hydrogen-bond acceptors (Lipinski definition) is 6. The van der Waals surface area contributed by atoms with E-state index in [1.165, 1.54) is 0 Å². The van der Waals surface area contributed by atoms with Gasteiger partial charge in [0, 0.05) is 0 Å². The third-order valence-corrected chi connectivity index (χ3v) is 2.16. The molecule has 0 heterocycles. The third-order valence-electron chi connectivity index (χ3n) is 1.88. The van der Waals surface area contributed by atoms with Crippen LogP contribution in [-0.2, 0) is 19.1 Å². The molecule has 0 aromatic heterocycles. The van der Waals surface area contributed by atoms with Crippen LogP contribution in [0.15, 0.2) is 9.98 Å². The molecule has 0 radical (unpaired) electrons. The number of thiol groups is 2. The molecule has 0 aromatic carbocycles. The van der Waals surface area contributed by atoms with E-state index < -0.39 is 24.3 Å². The molecule has 0 rings (SSSR count). The van der Waals surface area contributed by atoms with E-state index in [0.717, 1.165) is 0 Å². The number of rotatable bonds is 9. The summed E-state index contributed by atoms with van der Waals surface area (Å²) in [6, 6.07) is 0. The van der Waals surface area contributed by atoms with Crippen molar-refractivity contribution in [1.82, 2.24) is 0 Å². The van der Waals surface area contributed by atoms with Gasteiger partial charge in [0.2, 0.25) is 0 Å². The smallest absolute Gasteiger partial charge is 0.475 e. The molecular weight excluding hydrogens is 474 g/mol. The molecule has 10 nitrogen and oxygen atoms in total. The average molecular weight is 494 g/mol. The van der Waals surface area contributed by atoms with E-state index in [-0.39, 0.29) is 10.3 Å². The van der Waals surface area contributed by atoms with Crippen molar-refractivity contribution in [3.8, 4) is 0 Å². The van der Waals surface area contributed by atoms with E-state index in [0.29, 0.717) is 39.5 Å². The highest BCUT2D eigenvalue weighted by atomic mass is 32.1. The van der Waals surface area contributed by atoms with Crippen LogP contribution in [0.1, 0.15) is 0 Å². The number of aliphatic carboxylic acids is 2. The minimum Gasteiger partial charge on any atom is -0.475 e. The maximum Gasteiger partial charge on any atom is 0.490 e. The number of carboxylic acids is 2. The number of halogens is 6. The number of carboxylic acid groups (broad SMARTS) is 2. The highest BCUT2D eigenvalue weighted by Gasteiger charge is 2.38. The zero-order valence-electron chi connectivity index (χ0n) is 15.0. The van der Waals surface area contributed by atoms with Crippen molar-refractivity contribution in [2.24, 2.45) is 21.5 Å². The summed E-state index contributed by atoms with van der Waals surface area (Å²) >= 11 is 7.63. The lowest BCUT2D eigenvalue weighted by Crippen LogP contribution is -2.21. The standard InChI is InChI=1S/C8H18N4O2S2.2C2HF3O2/c9-7(15)11-1-3-13-5-6-14-4-2-12-8(10)16;2*3-2(4,5)1(6)7/h1-6H2,(H3,9,11,15)(H3,10,12,16);2*(H,6,7). The van der Waals surface area contributed by atoms with Crippen LogP contribution in [0, 0.1) is 0 Å². The Kier molecular flexibility index (Phi) is 19.5. The van der Waals surface area contributed by atoms with Gasteiger partial charge in [0.05, 0.1) is 39.5 Å². The summed E-state index contributed by atoms with van der Waals surface area (Å²) in [5, 5.41) is 14.8. The Hall–Kier alpha value is -1.92. The van der Waals surface area contributed by atoms with E-state index in [4.69, 9.17) is 40.7 Å². The molecule has 0 amide bonds. The van der Waals surface area contributed by atoms with Gasteiger partial charge in [-0.3, -0.25) is 9.98 Å². The second-order valence-electron chi connectivity index (χ2n) is 4.31. The van der Waals surface area contributed by atoms with Crippen LogP contribution in [0.5, 0.6) is 0 Å². The quantitative estimate of drug-likeness (QED) is 0.0898. The van der Waals surface area contributed by atoms with Crippen LogP contribution in [-0.4, -0.2) is 84.4 Å². The largest absolute Gasteiger partial charge is 0.490 e. The highest BCUT2D eigenvalue weighted by molar-refractivity contribution is 7.97. The number of aliphatic imine (C=N–C) groups is 2. The van der Waals surface area contributed by atoms with Gasteiger partial charge in [0.15, 0.2) is 10.3 Å². The maximum atomic E-state index is 10.6. The second kappa shape index (κ2) is 17.9. The van der Waals surface area contributed by atoms with Crippen molar-refractivity contribution < 1.29 is 55.6 Å². The van der Waals surface area contributed by atoms with Gasteiger partial charge in [-0.25, -0.2) is 9.59 Å². The first-order chi connectivity index (χ1) is 13.5. The fraction of sp³-hybridized carbons (Fsp3) is 0.667. The molecule has 0 saturated heterocycles. The van der Waals surface area contributed by atoms with Crippen molar-refractivity contribution in [2.75, 3.05) is 39.5 Å². The summed E-state index contributed by atoms with van der Waals surface area (Å²) in [6.07, 6.45) is -10.2. The highest BCUT2D eigenvalue weighted by Crippen LogP contribution is 2.13. The molecule has 0 unspecified atom stereocenters. The Morgan fingerprint density at radius 2 is 0.967 bits per heavy atom. The van der Waals surface area contributed by atoms with Crippen molar-refractivity contribution in [1.29, 1.82) is 0 Å². The molecule has 0 aromatic rings. The number of ether oxygens (including phenoxy) is 2. The predicted molar refractivity (Wildman–Crippen MR) is 100.0 cm³/mol. The molecule has 30 heavy (non-hydrogen) atoms. The van der Waals surface area contributed by atoms with Crippen molar-refractivity contribution >= 4 is 47.5 Å². The Balaban J connectivity index is -0.000000430. The fourth-order valence-corrected chi connectivity index (χ4v) is 0.971. The van der Waals surface area contributed by atoms with E-state index in [9.17, 15) is 26.3 Å². The predicted octanol–water partition coefficient (Wildman–Crippen LogP) is 0.775. The molecule has 0 aliphatic heterocycles. The normalized spacial score (nSPS) is 12.3. The SMILES string of the molecule is NC(S)=NCCOCCOCCN=C(N)S.O=C(O)C(F)(F)F.O=C(O)C(F)(F)F. The average Bonchev–Trinajstić information content (AvgIpc) is 2.55. The van der Waals surface area contributed by atoms with E-state index in [2.05, 4.69) is 35.2 Å². The lowest BCUT2D eigenvalue weighted by molar-refractivity contribution is -0.193. The van der Waals surface area contributed by atoms with Crippen LogP contribution in [0.25, 0.3) is 0 Å². The first-order valence-corrected chi connectivity index (χ1v) is 8.14. The number of hydrogen-bond donors (Lipinski definition) is 6. The van der Waals surface area contributed by atoms with Gasteiger partial charge >= 0.3 is 24.3 Å². The van der Waals surface area contributed by atoms with Gasteiger partial charge in [-0.1, -0.05) is 0 Å². The molecule has 0 bridgehead atoms. The Bertz CT molecular complexity index is 504. The maximum absolute atomic E-state index is 10.6. The number of nitrogens with two attached hydrogens (primary N) is 2. The van der Waals surface area contributed by atoms with E-state index >= 15 is 0 Å². The van der Waals surface area contributed by atoms with Gasteiger partial charge in [-0.05, 0) is 0 Å². The first-order valence-electron chi connectivity index (χ1n) is 7.25. The van der Waals surface area contributed by atoms with Gasteiger partial charge < -0.3 is 31.2 Å². The Morgan fingerprint density at radius 3 is 1.13 bits per heavy atom.